The number of aryl methyl sites for hydroxylation is 1. The number of ether oxygens (including phenoxy) is 2. The summed E-state index contributed by atoms with van der Waals surface area (Å²) in [5.74, 6) is -0.0612. The van der Waals surface area contributed by atoms with Gasteiger partial charge in [0.05, 0.1) is 18.2 Å². The molecular weight excluding hydrogens is 392 g/mol. The zero-order valence-corrected chi connectivity index (χ0v) is 18.3. The molecular formula is C25H28N2O4. The molecule has 162 valence electrons. The number of hydrogen-bond donors (Lipinski definition) is 1. The summed E-state index contributed by atoms with van der Waals surface area (Å²) in [5, 5.41) is 2.84. The molecule has 6 nitrogen and oxygen atoms in total. The van der Waals surface area contributed by atoms with E-state index in [1.165, 1.54) is 0 Å². The number of rotatable bonds is 9. The molecule has 0 spiro atoms. The lowest BCUT2D eigenvalue weighted by atomic mass is 10.1. The highest BCUT2D eigenvalue weighted by molar-refractivity contribution is 6.06. The van der Waals surface area contributed by atoms with Crippen molar-refractivity contribution in [2.75, 3.05) is 25.6 Å². The van der Waals surface area contributed by atoms with Crippen molar-refractivity contribution in [3.05, 3.63) is 83.2 Å². The fraction of sp³-hybridized carbons (Fsp3) is 0.280. The number of nitrogens with one attached hydrogen (secondary N) is 1. The summed E-state index contributed by atoms with van der Waals surface area (Å²) in [6.07, 6.45) is 0. The number of aromatic nitrogens is 1. The molecule has 3 aromatic rings. The number of anilines is 1. The number of hydrogen-bond acceptors (Lipinski definition) is 4. The van der Waals surface area contributed by atoms with Gasteiger partial charge >= 0.3 is 0 Å². The zero-order valence-electron chi connectivity index (χ0n) is 18.3. The molecule has 1 unspecified atom stereocenters. The lowest BCUT2D eigenvalue weighted by molar-refractivity contribution is 0.0913. The van der Waals surface area contributed by atoms with Crippen molar-refractivity contribution >= 4 is 17.4 Å². The lowest BCUT2D eigenvalue weighted by Crippen LogP contribution is -2.18. The van der Waals surface area contributed by atoms with Crippen molar-refractivity contribution in [1.82, 2.24) is 4.57 Å². The summed E-state index contributed by atoms with van der Waals surface area (Å²) in [6, 6.07) is 18.1. The van der Waals surface area contributed by atoms with Crippen LogP contribution in [0.4, 0.5) is 5.69 Å². The number of carbonyl (C=O) groups is 2. The molecule has 0 aliphatic rings. The Hall–Kier alpha value is -3.38. The standard InChI is InChI=1S/C25H28N2O4/c1-17-14-22(19(3)27(17)18(2)15-30-4)23(28)16-31-24-13-9-8-12-21(24)25(29)26-20-10-6-5-7-11-20/h5-14,18H,15-16H2,1-4H3,(H,26,29). The Morgan fingerprint density at radius 2 is 1.68 bits per heavy atom. The van der Waals surface area contributed by atoms with E-state index in [1.54, 1.807) is 31.4 Å². The van der Waals surface area contributed by atoms with Crippen molar-refractivity contribution in [2.24, 2.45) is 0 Å². The number of ketones is 1. The van der Waals surface area contributed by atoms with Crippen LogP contribution in [-0.2, 0) is 4.74 Å². The van der Waals surface area contributed by atoms with Crippen LogP contribution >= 0.6 is 0 Å². The molecule has 6 heteroatoms. The number of para-hydroxylation sites is 2. The molecule has 0 bridgehead atoms. The van der Waals surface area contributed by atoms with E-state index in [9.17, 15) is 9.59 Å². The van der Waals surface area contributed by atoms with Crippen LogP contribution in [0.1, 0.15) is 45.1 Å². The van der Waals surface area contributed by atoms with Gasteiger partial charge in [0.1, 0.15) is 5.75 Å². The minimum atomic E-state index is -0.291. The number of carbonyl (C=O) groups excluding carboxylic acids is 2. The van der Waals surface area contributed by atoms with E-state index in [1.807, 2.05) is 50.2 Å². The molecule has 0 saturated heterocycles. The number of benzene rings is 2. The second kappa shape index (κ2) is 10.1. The molecule has 0 radical (unpaired) electrons. The maximum absolute atomic E-state index is 12.9. The maximum Gasteiger partial charge on any atom is 0.259 e. The van der Waals surface area contributed by atoms with Crippen LogP contribution < -0.4 is 10.1 Å². The van der Waals surface area contributed by atoms with Crippen molar-refractivity contribution in [3.63, 3.8) is 0 Å². The highest BCUT2D eigenvalue weighted by Crippen LogP contribution is 2.23. The van der Waals surface area contributed by atoms with E-state index >= 15 is 0 Å². The minimum absolute atomic E-state index is 0.120. The summed E-state index contributed by atoms with van der Waals surface area (Å²) >= 11 is 0. The minimum Gasteiger partial charge on any atom is -0.485 e. The topological polar surface area (TPSA) is 69.6 Å². The predicted octanol–water partition coefficient (Wildman–Crippen LogP) is 4.83. The quantitative estimate of drug-likeness (QED) is 0.504. The summed E-state index contributed by atoms with van der Waals surface area (Å²) in [7, 11) is 1.66. The Morgan fingerprint density at radius 1 is 1.00 bits per heavy atom. The lowest BCUT2D eigenvalue weighted by Gasteiger charge is -2.17. The molecule has 31 heavy (non-hydrogen) atoms. The fourth-order valence-corrected chi connectivity index (χ4v) is 3.77. The Bertz CT molecular complexity index is 1060. The normalized spacial score (nSPS) is 11.7. The highest BCUT2D eigenvalue weighted by Gasteiger charge is 2.20. The van der Waals surface area contributed by atoms with Crippen molar-refractivity contribution in [3.8, 4) is 5.75 Å². The number of methoxy groups -OCH3 is 1. The number of amides is 1. The van der Waals surface area contributed by atoms with Gasteiger partial charge in [-0.25, -0.2) is 0 Å². The second-order valence-corrected chi connectivity index (χ2v) is 7.49. The number of nitrogens with zero attached hydrogens (tertiary/aromatic N) is 1. The SMILES string of the molecule is COCC(C)n1c(C)cc(C(=O)COc2ccccc2C(=O)Nc2ccccc2)c1C. The molecule has 1 amide bonds. The van der Waals surface area contributed by atoms with E-state index in [4.69, 9.17) is 9.47 Å². The van der Waals surface area contributed by atoms with Gasteiger partial charge in [0.25, 0.3) is 5.91 Å². The van der Waals surface area contributed by atoms with Gasteiger partial charge in [-0.2, -0.15) is 0 Å². The van der Waals surface area contributed by atoms with Crippen LogP contribution in [0.5, 0.6) is 5.75 Å². The molecule has 1 aromatic heterocycles. The maximum atomic E-state index is 12.9. The summed E-state index contributed by atoms with van der Waals surface area (Å²) in [6.45, 7) is 6.35. The first-order chi connectivity index (χ1) is 14.9. The molecule has 0 aliphatic carbocycles. The molecule has 3 rings (SSSR count). The molecule has 1 heterocycles. The Balaban J connectivity index is 1.73. The summed E-state index contributed by atoms with van der Waals surface area (Å²) in [5.41, 5.74) is 3.56. The third-order valence-corrected chi connectivity index (χ3v) is 5.16. The van der Waals surface area contributed by atoms with Gasteiger partial charge in [-0.15, -0.1) is 0 Å². The fourth-order valence-electron chi connectivity index (χ4n) is 3.77. The average Bonchev–Trinajstić information content (AvgIpc) is 3.07. The molecule has 0 saturated carbocycles. The summed E-state index contributed by atoms with van der Waals surface area (Å²) in [4.78, 5) is 25.6. The first-order valence-electron chi connectivity index (χ1n) is 10.2. The van der Waals surface area contributed by atoms with Gasteiger partial charge in [0, 0.05) is 29.7 Å². The average molecular weight is 421 g/mol. The first-order valence-corrected chi connectivity index (χ1v) is 10.2. The van der Waals surface area contributed by atoms with Gasteiger partial charge in [-0.05, 0) is 51.1 Å². The highest BCUT2D eigenvalue weighted by atomic mass is 16.5. The van der Waals surface area contributed by atoms with Gasteiger partial charge in [0.15, 0.2) is 6.61 Å². The van der Waals surface area contributed by atoms with E-state index in [0.29, 0.717) is 29.2 Å². The number of Topliss-reactive ketones (excluding diaryl/α,β-unsaturated/α-hetero) is 1. The third kappa shape index (κ3) is 5.22. The molecule has 1 N–H and O–H groups in total. The van der Waals surface area contributed by atoms with Crippen LogP contribution in [-0.4, -0.2) is 36.6 Å². The molecule has 0 aliphatic heterocycles. The van der Waals surface area contributed by atoms with Crippen molar-refractivity contribution < 1.29 is 19.1 Å². The van der Waals surface area contributed by atoms with Gasteiger partial charge in [-0.1, -0.05) is 30.3 Å². The largest absolute Gasteiger partial charge is 0.485 e. The van der Waals surface area contributed by atoms with E-state index in [2.05, 4.69) is 16.8 Å². The van der Waals surface area contributed by atoms with Gasteiger partial charge in [-0.3, -0.25) is 9.59 Å². The predicted molar refractivity (Wildman–Crippen MR) is 121 cm³/mol. The third-order valence-electron chi connectivity index (χ3n) is 5.16. The van der Waals surface area contributed by atoms with Crippen molar-refractivity contribution in [2.45, 2.75) is 26.8 Å². The Morgan fingerprint density at radius 3 is 2.39 bits per heavy atom. The van der Waals surface area contributed by atoms with Gasteiger partial charge < -0.3 is 19.4 Å². The second-order valence-electron chi connectivity index (χ2n) is 7.49. The molecule has 2 aromatic carbocycles. The van der Waals surface area contributed by atoms with Crippen LogP contribution in [0.2, 0.25) is 0 Å². The Labute approximate surface area is 182 Å². The van der Waals surface area contributed by atoms with Crippen LogP contribution in [0.3, 0.4) is 0 Å². The smallest absolute Gasteiger partial charge is 0.259 e. The first kappa shape index (κ1) is 22.3. The monoisotopic (exact) mass is 420 g/mol. The van der Waals surface area contributed by atoms with E-state index in [-0.39, 0.29) is 24.3 Å². The van der Waals surface area contributed by atoms with Crippen molar-refractivity contribution in [1.29, 1.82) is 0 Å². The van der Waals surface area contributed by atoms with Crippen LogP contribution in [0, 0.1) is 13.8 Å². The van der Waals surface area contributed by atoms with Gasteiger partial charge in [0.2, 0.25) is 5.78 Å². The van der Waals surface area contributed by atoms with E-state index < -0.39 is 0 Å². The molecule has 1 atom stereocenters. The van der Waals surface area contributed by atoms with Crippen LogP contribution in [0.25, 0.3) is 0 Å². The summed E-state index contributed by atoms with van der Waals surface area (Å²) < 4.78 is 13.1. The Kier molecular flexibility index (Phi) is 7.26. The van der Waals surface area contributed by atoms with E-state index in [0.717, 1.165) is 11.4 Å². The van der Waals surface area contributed by atoms with Crippen LogP contribution in [0.15, 0.2) is 60.7 Å². The molecule has 0 fully saturated rings. The zero-order chi connectivity index (χ0) is 22.4.